The molecule has 0 aliphatic rings. The summed E-state index contributed by atoms with van der Waals surface area (Å²) < 4.78 is 9.64. The molecule has 0 heterocycles. The van der Waals surface area contributed by atoms with Gasteiger partial charge in [-0.15, -0.1) is 0 Å². The van der Waals surface area contributed by atoms with Gasteiger partial charge in [-0.1, -0.05) is 6.92 Å². The molecule has 0 saturated carbocycles. The number of ether oxygens (including phenoxy) is 2. The molecule has 15 heavy (non-hydrogen) atoms. The van der Waals surface area contributed by atoms with E-state index in [1.807, 2.05) is 0 Å². The van der Waals surface area contributed by atoms with E-state index < -0.39 is 0 Å². The van der Waals surface area contributed by atoms with E-state index in [1.54, 1.807) is 0 Å². The average Bonchev–Trinajstić information content (AvgIpc) is 2.11. The van der Waals surface area contributed by atoms with Gasteiger partial charge in [-0.25, -0.2) is 0 Å². The highest BCUT2D eigenvalue weighted by atomic mass is 16.5. The number of rotatable bonds is 7. The lowest BCUT2D eigenvalue weighted by atomic mass is 10.0. The van der Waals surface area contributed by atoms with Crippen molar-refractivity contribution in [2.75, 3.05) is 13.2 Å². The van der Waals surface area contributed by atoms with Gasteiger partial charge in [0.25, 0.3) is 0 Å². The van der Waals surface area contributed by atoms with E-state index in [0.717, 1.165) is 19.3 Å². The van der Waals surface area contributed by atoms with Crippen LogP contribution in [-0.4, -0.2) is 25.2 Å². The zero-order chi connectivity index (χ0) is 11.7. The molecule has 0 fully saturated rings. The molecule has 0 aliphatic heterocycles. The van der Waals surface area contributed by atoms with Crippen molar-refractivity contribution in [2.45, 2.75) is 40.0 Å². The Balaban J connectivity index is 3.29. The highest BCUT2D eigenvalue weighted by Crippen LogP contribution is 2.10. The van der Waals surface area contributed by atoms with E-state index in [9.17, 15) is 9.59 Å². The molecule has 0 aliphatic carbocycles. The van der Waals surface area contributed by atoms with Gasteiger partial charge in [-0.2, -0.15) is 0 Å². The van der Waals surface area contributed by atoms with Crippen molar-refractivity contribution >= 4 is 11.9 Å². The summed E-state index contributed by atoms with van der Waals surface area (Å²) in [6.45, 7) is 5.87. The molecule has 0 N–H and O–H groups in total. The van der Waals surface area contributed by atoms with Crippen molar-refractivity contribution in [2.24, 2.45) is 5.92 Å². The average molecular weight is 216 g/mol. The summed E-state index contributed by atoms with van der Waals surface area (Å²) in [5.41, 5.74) is 0. The molecular formula is C11H20O4. The van der Waals surface area contributed by atoms with Crippen molar-refractivity contribution in [3.63, 3.8) is 0 Å². The zero-order valence-electron chi connectivity index (χ0n) is 9.75. The lowest BCUT2D eigenvalue weighted by Gasteiger charge is -2.10. The Hall–Kier alpha value is -1.06. The van der Waals surface area contributed by atoms with E-state index in [-0.39, 0.29) is 11.9 Å². The summed E-state index contributed by atoms with van der Waals surface area (Å²) >= 11 is 0. The fraction of sp³-hybridized carbons (Fsp3) is 0.818. The molecule has 0 aromatic carbocycles. The van der Waals surface area contributed by atoms with Gasteiger partial charge in [-0.3, -0.25) is 9.59 Å². The maximum Gasteiger partial charge on any atom is 0.302 e. The Morgan fingerprint density at radius 1 is 1.00 bits per heavy atom. The molecule has 0 radical (unpaired) electrons. The molecule has 4 nitrogen and oxygen atoms in total. The van der Waals surface area contributed by atoms with Gasteiger partial charge in [0.1, 0.15) is 0 Å². The summed E-state index contributed by atoms with van der Waals surface area (Å²) in [5, 5.41) is 0. The quantitative estimate of drug-likeness (QED) is 0.482. The van der Waals surface area contributed by atoms with Crippen LogP contribution in [0.3, 0.4) is 0 Å². The van der Waals surface area contributed by atoms with Gasteiger partial charge in [0.2, 0.25) is 0 Å². The van der Waals surface area contributed by atoms with Crippen LogP contribution in [0.15, 0.2) is 0 Å². The van der Waals surface area contributed by atoms with Crippen LogP contribution in [0, 0.1) is 5.92 Å². The van der Waals surface area contributed by atoms with Crippen LogP contribution in [-0.2, 0) is 19.1 Å². The molecule has 0 unspecified atom stereocenters. The van der Waals surface area contributed by atoms with Crippen LogP contribution in [0.5, 0.6) is 0 Å². The number of esters is 2. The fourth-order valence-corrected chi connectivity index (χ4v) is 1.20. The third kappa shape index (κ3) is 10.9. The van der Waals surface area contributed by atoms with E-state index >= 15 is 0 Å². The zero-order valence-corrected chi connectivity index (χ0v) is 9.75. The first kappa shape index (κ1) is 13.9. The largest absolute Gasteiger partial charge is 0.466 e. The predicted octanol–water partition coefficient (Wildman–Crippen LogP) is 1.92. The summed E-state index contributed by atoms with van der Waals surface area (Å²) in [7, 11) is 0. The molecule has 1 atom stereocenters. The number of carbonyl (C=O) groups excluding carboxylic acids is 2. The molecule has 4 heteroatoms. The SMILES string of the molecule is CC(=O)OCCC[C@@H](C)CCOC(C)=O. The van der Waals surface area contributed by atoms with Crippen LogP contribution in [0.25, 0.3) is 0 Å². The molecule has 0 aromatic heterocycles. The van der Waals surface area contributed by atoms with Crippen molar-refractivity contribution < 1.29 is 19.1 Å². The van der Waals surface area contributed by atoms with Crippen LogP contribution >= 0.6 is 0 Å². The first-order chi connectivity index (χ1) is 7.02. The second-order valence-electron chi connectivity index (χ2n) is 3.72. The molecule has 0 rings (SSSR count). The van der Waals surface area contributed by atoms with Crippen molar-refractivity contribution in [1.29, 1.82) is 0 Å². The minimum atomic E-state index is -0.234. The maximum absolute atomic E-state index is 10.5. The molecule has 88 valence electrons. The van der Waals surface area contributed by atoms with E-state index in [2.05, 4.69) is 6.92 Å². The Morgan fingerprint density at radius 3 is 2.07 bits per heavy atom. The normalized spacial score (nSPS) is 11.9. The van der Waals surface area contributed by atoms with Gasteiger partial charge in [-0.05, 0) is 25.2 Å². The van der Waals surface area contributed by atoms with Gasteiger partial charge in [0.15, 0.2) is 0 Å². The van der Waals surface area contributed by atoms with Crippen molar-refractivity contribution in [1.82, 2.24) is 0 Å². The van der Waals surface area contributed by atoms with Crippen LogP contribution in [0.2, 0.25) is 0 Å². The van der Waals surface area contributed by atoms with E-state index in [0.29, 0.717) is 19.1 Å². The van der Waals surface area contributed by atoms with Gasteiger partial charge in [0, 0.05) is 13.8 Å². The molecule has 0 saturated heterocycles. The van der Waals surface area contributed by atoms with E-state index in [1.165, 1.54) is 13.8 Å². The third-order valence-corrected chi connectivity index (χ3v) is 2.06. The Kier molecular flexibility index (Phi) is 7.68. The Morgan fingerprint density at radius 2 is 1.53 bits per heavy atom. The second kappa shape index (κ2) is 8.26. The lowest BCUT2D eigenvalue weighted by Crippen LogP contribution is -2.07. The van der Waals surface area contributed by atoms with Crippen molar-refractivity contribution in [3.8, 4) is 0 Å². The maximum atomic E-state index is 10.5. The standard InChI is InChI=1S/C11H20O4/c1-9(6-8-15-11(3)13)5-4-7-14-10(2)12/h9H,4-8H2,1-3H3/t9-/m1/s1. The first-order valence-electron chi connectivity index (χ1n) is 5.29. The summed E-state index contributed by atoms with van der Waals surface area (Å²) in [6, 6.07) is 0. The molecule has 0 amide bonds. The summed E-state index contributed by atoms with van der Waals surface area (Å²) in [6.07, 6.45) is 2.70. The molecular weight excluding hydrogens is 196 g/mol. The Bertz CT molecular complexity index is 201. The third-order valence-electron chi connectivity index (χ3n) is 2.06. The highest BCUT2D eigenvalue weighted by molar-refractivity contribution is 5.66. The molecule has 0 bridgehead atoms. The number of hydrogen-bond donors (Lipinski definition) is 0. The minimum Gasteiger partial charge on any atom is -0.466 e. The summed E-state index contributed by atoms with van der Waals surface area (Å²) in [5.74, 6) is 0.0181. The minimum absolute atomic E-state index is 0.234. The Labute approximate surface area is 90.9 Å². The number of carbonyl (C=O) groups is 2. The van der Waals surface area contributed by atoms with Crippen LogP contribution in [0.4, 0.5) is 0 Å². The van der Waals surface area contributed by atoms with E-state index in [4.69, 9.17) is 9.47 Å². The lowest BCUT2D eigenvalue weighted by molar-refractivity contribution is -0.142. The monoisotopic (exact) mass is 216 g/mol. The van der Waals surface area contributed by atoms with Gasteiger partial charge in [0.05, 0.1) is 13.2 Å². The first-order valence-corrected chi connectivity index (χ1v) is 5.29. The van der Waals surface area contributed by atoms with Crippen molar-refractivity contribution in [3.05, 3.63) is 0 Å². The summed E-state index contributed by atoms with van der Waals surface area (Å²) in [4.78, 5) is 20.9. The van der Waals surface area contributed by atoms with Gasteiger partial charge < -0.3 is 9.47 Å². The van der Waals surface area contributed by atoms with Crippen LogP contribution in [0.1, 0.15) is 40.0 Å². The molecule has 0 spiro atoms. The van der Waals surface area contributed by atoms with Gasteiger partial charge >= 0.3 is 11.9 Å². The second-order valence-corrected chi connectivity index (χ2v) is 3.72. The smallest absolute Gasteiger partial charge is 0.302 e. The predicted molar refractivity (Wildman–Crippen MR) is 56.3 cm³/mol. The van der Waals surface area contributed by atoms with Crippen LogP contribution < -0.4 is 0 Å². The topological polar surface area (TPSA) is 52.6 Å². The molecule has 0 aromatic rings. The fourth-order valence-electron chi connectivity index (χ4n) is 1.20. The highest BCUT2D eigenvalue weighted by Gasteiger charge is 2.03. The number of hydrogen-bond acceptors (Lipinski definition) is 4.